The summed E-state index contributed by atoms with van der Waals surface area (Å²) in [5.41, 5.74) is 7.15. The summed E-state index contributed by atoms with van der Waals surface area (Å²) < 4.78 is 5.34. The van der Waals surface area contributed by atoms with Crippen LogP contribution in [0.1, 0.15) is 24.9 Å². The van der Waals surface area contributed by atoms with Crippen molar-refractivity contribution in [2.45, 2.75) is 19.4 Å². The number of anilines is 1. The Morgan fingerprint density at radius 1 is 1.58 bits per heavy atom. The second-order valence-corrected chi connectivity index (χ2v) is 4.36. The first-order chi connectivity index (χ1) is 9.02. The number of carbonyl (C=O) groups excluding carboxylic acids is 1. The normalized spacial score (nSPS) is 15.7. The molecule has 0 saturated carbocycles. The Balaban J connectivity index is 2.33. The highest BCUT2D eigenvalue weighted by Gasteiger charge is 2.25. The summed E-state index contributed by atoms with van der Waals surface area (Å²) in [7, 11) is 0. The number of fused-ring (bicyclic) bond motifs is 1. The molecule has 0 aliphatic carbocycles. The lowest BCUT2D eigenvalue weighted by Gasteiger charge is -2.29. The number of hydrogen-bond acceptors (Lipinski definition) is 4. The van der Waals surface area contributed by atoms with Crippen LogP contribution in [0.5, 0.6) is 5.75 Å². The topological polar surface area (TPSA) is 92.9 Å². The van der Waals surface area contributed by atoms with Gasteiger partial charge in [0.25, 0.3) is 5.91 Å². The van der Waals surface area contributed by atoms with E-state index in [0.29, 0.717) is 23.5 Å². The van der Waals surface area contributed by atoms with Crippen LogP contribution in [0.3, 0.4) is 0 Å². The van der Waals surface area contributed by atoms with E-state index < -0.39 is 12.0 Å². The fraction of sp³-hybridized carbons (Fsp3) is 0.385. The zero-order chi connectivity index (χ0) is 14.0. The van der Waals surface area contributed by atoms with Crippen molar-refractivity contribution >= 4 is 17.6 Å². The van der Waals surface area contributed by atoms with Gasteiger partial charge in [0.1, 0.15) is 5.75 Å². The number of carboxylic acids is 1. The molecular formula is C13H16N2O4. The minimum atomic E-state index is -0.954. The van der Waals surface area contributed by atoms with Gasteiger partial charge in [0.15, 0.2) is 6.61 Å². The van der Waals surface area contributed by atoms with Crippen LogP contribution < -0.4 is 15.4 Å². The van der Waals surface area contributed by atoms with Crippen LogP contribution >= 0.6 is 0 Å². The molecule has 1 aliphatic heterocycles. The number of aliphatic carboxylic acids is 1. The highest BCUT2D eigenvalue weighted by Crippen LogP contribution is 2.34. The van der Waals surface area contributed by atoms with E-state index in [1.54, 1.807) is 23.1 Å². The van der Waals surface area contributed by atoms with E-state index in [1.807, 2.05) is 6.92 Å². The molecule has 1 amide bonds. The summed E-state index contributed by atoms with van der Waals surface area (Å²) in [6, 6.07) is 4.58. The van der Waals surface area contributed by atoms with E-state index in [4.69, 9.17) is 15.6 Å². The van der Waals surface area contributed by atoms with Gasteiger partial charge in [-0.3, -0.25) is 9.59 Å². The molecule has 0 aromatic heterocycles. The highest BCUT2D eigenvalue weighted by molar-refractivity contribution is 5.97. The molecule has 6 nitrogen and oxygen atoms in total. The van der Waals surface area contributed by atoms with E-state index in [9.17, 15) is 9.59 Å². The van der Waals surface area contributed by atoms with Crippen LogP contribution in [-0.4, -0.2) is 30.1 Å². The number of hydrogen-bond donors (Lipinski definition) is 2. The molecule has 0 fully saturated rings. The molecule has 1 aromatic rings. The van der Waals surface area contributed by atoms with Crippen molar-refractivity contribution in [3.8, 4) is 5.75 Å². The van der Waals surface area contributed by atoms with Crippen molar-refractivity contribution in [3.63, 3.8) is 0 Å². The van der Waals surface area contributed by atoms with Crippen LogP contribution in [-0.2, 0) is 9.59 Å². The van der Waals surface area contributed by atoms with Gasteiger partial charge in [-0.25, -0.2) is 0 Å². The Bertz CT molecular complexity index is 515. The summed E-state index contributed by atoms with van der Waals surface area (Å²) in [6.45, 7) is 2.44. The lowest BCUT2D eigenvalue weighted by molar-refractivity contribution is -0.137. The average Bonchev–Trinajstić information content (AvgIpc) is 2.37. The summed E-state index contributed by atoms with van der Waals surface area (Å²) in [4.78, 5) is 24.0. The third kappa shape index (κ3) is 2.68. The Morgan fingerprint density at radius 3 is 2.95 bits per heavy atom. The first kappa shape index (κ1) is 13.4. The van der Waals surface area contributed by atoms with Gasteiger partial charge in [-0.2, -0.15) is 0 Å². The second-order valence-electron chi connectivity index (χ2n) is 4.36. The monoisotopic (exact) mass is 264 g/mol. The molecule has 1 atom stereocenters. The number of ether oxygens (including phenoxy) is 1. The molecule has 0 saturated heterocycles. The van der Waals surface area contributed by atoms with Gasteiger partial charge < -0.3 is 20.5 Å². The number of likely N-dealkylation sites (N-methyl/N-ethyl adjacent to an activating group) is 1. The third-order valence-electron chi connectivity index (χ3n) is 3.06. The van der Waals surface area contributed by atoms with Gasteiger partial charge in [-0.1, -0.05) is 6.07 Å². The number of benzene rings is 1. The summed E-state index contributed by atoms with van der Waals surface area (Å²) in [5.74, 6) is -0.448. The lowest BCUT2D eigenvalue weighted by atomic mass is 10.0. The molecule has 0 spiro atoms. The van der Waals surface area contributed by atoms with Crippen molar-refractivity contribution in [3.05, 3.63) is 23.8 Å². The number of carboxylic acid groups (broad SMARTS) is 1. The molecule has 1 heterocycles. The van der Waals surface area contributed by atoms with E-state index in [1.165, 1.54) is 0 Å². The highest BCUT2D eigenvalue weighted by atomic mass is 16.5. The van der Waals surface area contributed by atoms with Gasteiger partial charge in [-0.15, -0.1) is 0 Å². The molecule has 1 aliphatic rings. The molecule has 1 unspecified atom stereocenters. The summed E-state index contributed by atoms with van der Waals surface area (Å²) >= 11 is 0. The number of nitrogens with two attached hydrogens (primary N) is 1. The Morgan fingerprint density at radius 2 is 2.32 bits per heavy atom. The molecule has 19 heavy (non-hydrogen) atoms. The number of rotatable bonds is 4. The second kappa shape index (κ2) is 5.27. The predicted octanol–water partition coefficient (Wildman–Crippen LogP) is 0.906. The fourth-order valence-corrected chi connectivity index (χ4v) is 2.10. The molecule has 3 N–H and O–H groups in total. The van der Waals surface area contributed by atoms with Crippen molar-refractivity contribution in [1.29, 1.82) is 0 Å². The van der Waals surface area contributed by atoms with Crippen LogP contribution in [0.25, 0.3) is 0 Å². The third-order valence-corrected chi connectivity index (χ3v) is 3.06. The first-order valence-corrected chi connectivity index (χ1v) is 6.07. The largest absolute Gasteiger partial charge is 0.482 e. The van der Waals surface area contributed by atoms with Gasteiger partial charge >= 0.3 is 5.97 Å². The smallest absolute Gasteiger partial charge is 0.305 e. The van der Waals surface area contributed by atoms with Crippen molar-refractivity contribution in [2.24, 2.45) is 5.73 Å². The molecule has 2 rings (SSSR count). The maximum Gasteiger partial charge on any atom is 0.305 e. The molecule has 0 bridgehead atoms. The number of carbonyl (C=O) groups is 2. The van der Waals surface area contributed by atoms with Crippen LogP contribution in [0, 0.1) is 0 Å². The molecule has 102 valence electrons. The van der Waals surface area contributed by atoms with E-state index in [-0.39, 0.29) is 18.9 Å². The van der Waals surface area contributed by atoms with Crippen molar-refractivity contribution < 1.29 is 19.4 Å². The SMILES string of the molecule is CCN1C(=O)COc2ccc(C(N)CC(=O)O)cc21. The van der Waals surface area contributed by atoms with Crippen LogP contribution in [0.4, 0.5) is 5.69 Å². The van der Waals surface area contributed by atoms with Gasteiger partial charge in [0.2, 0.25) is 0 Å². The summed E-state index contributed by atoms with van der Waals surface area (Å²) in [6.07, 6.45) is -0.153. The minimum absolute atomic E-state index is 0.0291. The Hall–Kier alpha value is -2.08. The number of amides is 1. The van der Waals surface area contributed by atoms with E-state index in [0.717, 1.165) is 0 Å². The molecule has 1 aromatic carbocycles. The Labute approximate surface area is 110 Å². The van der Waals surface area contributed by atoms with Crippen LogP contribution in [0.2, 0.25) is 0 Å². The standard InChI is InChI=1S/C13H16N2O4/c1-2-15-10-5-8(9(14)6-13(17)18)3-4-11(10)19-7-12(15)16/h3-5,9H,2,6-7,14H2,1H3,(H,17,18). The van der Waals surface area contributed by atoms with Gasteiger partial charge in [0, 0.05) is 12.6 Å². The van der Waals surface area contributed by atoms with Crippen LogP contribution in [0.15, 0.2) is 18.2 Å². The number of nitrogens with zero attached hydrogens (tertiary/aromatic N) is 1. The quantitative estimate of drug-likeness (QED) is 0.843. The maximum atomic E-state index is 11.7. The Kier molecular flexibility index (Phi) is 3.71. The first-order valence-electron chi connectivity index (χ1n) is 6.07. The lowest BCUT2D eigenvalue weighted by Crippen LogP contribution is -2.38. The maximum absolute atomic E-state index is 11.7. The predicted molar refractivity (Wildman–Crippen MR) is 69.1 cm³/mol. The zero-order valence-corrected chi connectivity index (χ0v) is 10.6. The summed E-state index contributed by atoms with van der Waals surface area (Å²) in [5, 5.41) is 8.75. The van der Waals surface area contributed by atoms with E-state index in [2.05, 4.69) is 0 Å². The zero-order valence-electron chi connectivity index (χ0n) is 10.6. The average molecular weight is 264 g/mol. The van der Waals surface area contributed by atoms with Crippen molar-refractivity contribution in [2.75, 3.05) is 18.1 Å². The van der Waals surface area contributed by atoms with Crippen molar-refractivity contribution in [1.82, 2.24) is 0 Å². The fourth-order valence-electron chi connectivity index (χ4n) is 2.10. The minimum Gasteiger partial charge on any atom is -0.482 e. The van der Waals surface area contributed by atoms with Gasteiger partial charge in [0.05, 0.1) is 12.1 Å². The molecular weight excluding hydrogens is 248 g/mol. The van der Waals surface area contributed by atoms with E-state index >= 15 is 0 Å². The molecule has 0 radical (unpaired) electrons. The molecule has 6 heteroatoms. The van der Waals surface area contributed by atoms with Gasteiger partial charge in [-0.05, 0) is 24.6 Å².